The summed E-state index contributed by atoms with van der Waals surface area (Å²) in [5, 5.41) is 13.2. The van der Waals surface area contributed by atoms with Crippen molar-refractivity contribution in [2.75, 3.05) is 19.8 Å². The van der Waals surface area contributed by atoms with Gasteiger partial charge in [0.25, 0.3) is 0 Å². The lowest BCUT2D eigenvalue weighted by Crippen LogP contribution is -2.48. The maximum atomic E-state index is 10.0. The molecular weight excluding hydrogens is 288 g/mol. The zero-order valence-corrected chi connectivity index (χ0v) is 14.2. The Morgan fingerprint density at radius 2 is 2.30 bits per heavy atom. The molecule has 1 saturated carbocycles. The molecule has 1 aromatic rings. The van der Waals surface area contributed by atoms with Gasteiger partial charge in [-0.05, 0) is 47.8 Å². The van der Waals surface area contributed by atoms with Crippen LogP contribution in [0.5, 0.6) is 0 Å². The quantitative estimate of drug-likeness (QED) is 0.724. The number of ether oxygens (including phenoxy) is 1. The van der Waals surface area contributed by atoms with Crippen LogP contribution in [0, 0.1) is 17.3 Å². The van der Waals surface area contributed by atoms with Gasteiger partial charge in [-0.15, -0.1) is 0 Å². The number of fused-ring (bicyclic) bond motifs is 1. The fourth-order valence-corrected chi connectivity index (χ4v) is 3.88. The predicted octanol–water partition coefficient (Wildman–Crippen LogP) is 2.54. The van der Waals surface area contributed by atoms with E-state index in [9.17, 15) is 5.11 Å². The molecule has 2 N–H and O–H groups in total. The number of allylic oxidation sites excluding steroid dienone is 1. The Kier molecular flexibility index (Phi) is 5.14. The molecule has 126 valence electrons. The van der Waals surface area contributed by atoms with E-state index in [0.29, 0.717) is 37.6 Å². The molecule has 4 heteroatoms. The SMILES string of the molecule is CC1(C)[C@@H]2CC=C(COC[C@H](O)CNCc3ccccn3)[C@@H]1C2. The summed E-state index contributed by atoms with van der Waals surface area (Å²) in [4.78, 5) is 4.24. The average Bonchev–Trinajstić information content (AvgIpc) is 2.56. The van der Waals surface area contributed by atoms with Gasteiger partial charge in [0.1, 0.15) is 0 Å². The standard InChI is InChI=1S/C19H28N2O2/c1-19(2)15-7-6-14(18(19)9-15)12-23-13-17(22)11-20-10-16-5-3-4-8-21-16/h3-6,8,15,17-18,20,22H,7,9-13H2,1-2H3/t15-,17-,18+/m1/s1. The summed E-state index contributed by atoms with van der Waals surface area (Å²) in [7, 11) is 0. The molecule has 1 heterocycles. The lowest BCUT2D eigenvalue weighted by molar-refractivity contribution is -0.0235. The Bertz CT molecular complexity index is 542. The molecule has 3 atom stereocenters. The fraction of sp³-hybridized carbons (Fsp3) is 0.632. The molecule has 4 nitrogen and oxygen atoms in total. The number of hydrogen-bond acceptors (Lipinski definition) is 4. The predicted molar refractivity (Wildman–Crippen MR) is 90.8 cm³/mol. The van der Waals surface area contributed by atoms with Gasteiger partial charge in [-0.3, -0.25) is 4.98 Å². The van der Waals surface area contributed by atoms with Crippen molar-refractivity contribution in [2.45, 2.75) is 39.3 Å². The van der Waals surface area contributed by atoms with Gasteiger partial charge in [-0.2, -0.15) is 0 Å². The first-order valence-electron chi connectivity index (χ1n) is 8.62. The number of aliphatic hydroxyl groups excluding tert-OH is 1. The second-order valence-corrected chi connectivity index (χ2v) is 7.44. The van der Waals surface area contributed by atoms with Crippen LogP contribution in [0.25, 0.3) is 0 Å². The highest BCUT2D eigenvalue weighted by Crippen LogP contribution is 2.59. The molecule has 0 spiro atoms. The first kappa shape index (κ1) is 16.6. The van der Waals surface area contributed by atoms with Gasteiger partial charge in [0.2, 0.25) is 0 Å². The molecule has 3 aliphatic rings. The van der Waals surface area contributed by atoms with Crippen LogP contribution < -0.4 is 5.32 Å². The van der Waals surface area contributed by atoms with Crippen molar-refractivity contribution in [3.8, 4) is 0 Å². The Morgan fingerprint density at radius 1 is 1.43 bits per heavy atom. The number of aromatic nitrogens is 1. The normalized spacial score (nSPS) is 26.3. The summed E-state index contributed by atoms with van der Waals surface area (Å²) in [6.07, 6.45) is 6.16. The lowest BCUT2D eigenvalue weighted by atomic mass is 9.49. The molecule has 0 unspecified atom stereocenters. The van der Waals surface area contributed by atoms with Crippen LogP contribution in [0.4, 0.5) is 0 Å². The van der Waals surface area contributed by atoms with Crippen LogP contribution in [0.2, 0.25) is 0 Å². The van der Waals surface area contributed by atoms with E-state index in [0.717, 1.165) is 11.6 Å². The Balaban J connectivity index is 1.32. The van der Waals surface area contributed by atoms with Crippen LogP contribution in [0.3, 0.4) is 0 Å². The topological polar surface area (TPSA) is 54.4 Å². The van der Waals surface area contributed by atoms with E-state index in [-0.39, 0.29) is 0 Å². The molecule has 1 aromatic heterocycles. The number of rotatable bonds is 8. The van der Waals surface area contributed by atoms with Crippen molar-refractivity contribution in [1.82, 2.24) is 10.3 Å². The summed E-state index contributed by atoms with van der Waals surface area (Å²) in [6.45, 7) is 6.97. The molecular formula is C19H28N2O2. The minimum absolute atomic E-state index is 0.378. The summed E-state index contributed by atoms with van der Waals surface area (Å²) in [5.41, 5.74) is 2.86. The fourth-order valence-electron chi connectivity index (χ4n) is 3.88. The van der Waals surface area contributed by atoms with Crippen LogP contribution >= 0.6 is 0 Å². The van der Waals surface area contributed by atoms with Crippen molar-refractivity contribution in [2.24, 2.45) is 17.3 Å². The first-order chi connectivity index (χ1) is 11.1. The molecule has 0 aliphatic heterocycles. The summed E-state index contributed by atoms with van der Waals surface area (Å²) in [6, 6.07) is 5.84. The molecule has 1 fully saturated rings. The second kappa shape index (κ2) is 7.12. The van der Waals surface area contributed by atoms with Crippen LogP contribution in [-0.2, 0) is 11.3 Å². The third-order valence-electron chi connectivity index (χ3n) is 5.57. The number of pyridine rings is 1. The number of hydrogen-bond donors (Lipinski definition) is 2. The third-order valence-corrected chi connectivity index (χ3v) is 5.57. The molecule has 4 rings (SSSR count). The van der Waals surface area contributed by atoms with Crippen molar-refractivity contribution >= 4 is 0 Å². The highest BCUT2D eigenvalue weighted by Gasteiger charge is 2.50. The monoisotopic (exact) mass is 316 g/mol. The average molecular weight is 316 g/mol. The van der Waals surface area contributed by atoms with Gasteiger partial charge in [0.05, 0.1) is 25.0 Å². The molecule has 2 bridgehead atoms. The van der Waals surface area contributed by atoms with E-state index in [1.54, 1.807) is 6.20 Å². The van der Waals surface area contributed by atoms with Crippen molar-refractivity contribution < 1.29 is 9.84 Å². The van der Waals surface area contributed by atoms with Crippen LogP contribution in [0.1, 0.15) is 32.4 Å². The Hall–Kier alpha value is -1.23. The smallest absolute Gasteiger partial charge is 0.0897 e. The third kappa shape index (κ3) is 3.82. The zero-order valence-electron chi connectivity index (χ0n) is 14.2. The van der Waals surface area contributed by atoms with Gasteiger partial charge >= 0.3 is 0 Å². The van der Waals surface area contributed by atoms with E-state index in [1.165, 1.54) is 18.4 Å². The van der Waals surface area contributed by atoms with E-state index < -0.39 is 6.10 Å². The minimum Gasteiger partial charge on any atom is -0.389 e. The van der Waals surface area contributed by atoms with Gasteiger partial charge in [-0.1, -0.05) is 26.0 Å². The molecule has 0 radical (unpaired) electrons. The van der Waals surface area contributed by atoms with Gasteiger partial charge < -0.3 is 15.2 Å². The Morgan fingerprint density at radius 3 is 3.00 bits per heavy atom. The minimum atomic E-state index is -0.481. The lowest BCUT2D eigenvalue weighted by Gasteiger charge is -2.56. The van der Waals surface area contributed by atoms with E-state index in [2.05, 4.69) is 30.2 Å². The van der Waals surface area contributed by atoms with Crippen molar-refractivity contribution in [3.63, 3.8) is 0 Å². The molecule has 0 saturated heterocycles. The summed E-state index contributed by atoms with van der Waals surface area (Å²) >= 11 is 0. The van der Waals surface area contributed by atoms with Crippen LogP contribution in [0.15, 0.2) is 36.0 Å². The molecule has 23 heavy (non-hydrogen) atoms. The molecule has 3 aliphatic carbocycles. The first-order valence-corrected chi connectivity index (χ1v) is 8.62. The van der Waals surface area contributed by atoms with Crippen molar-refractivity contribution in [3.05, 3.63) is 41.7 Å². The maximum absolute atomic E-state index is 10.0. The largest absolute Gasteiger partial charge is 0.389 e. The van der Waals surface area contributed by atoms with Gasteiger partial charge in [0.15, 0.2) is 0 Å². The van der Waals surface area contributed by atoms with Gasteiger partial charge in [0, 0.05) is 19.3 Å². The number of nitrogens with one attached hydrogen (secondary N) is 1. The highest BCUT2D eigenvalue weighted by atomic mass is 16.5. The van der Waals surface area contributed by atoms with E-state index in [4.69, 9.17) is 4.74 Å². The zero-order chi connectivity index (χ0) is 16.3. The molecule has 0 aromatic carbocycles. The molecule has 0 amide bonds. The number of nitrogens with zero attached hydrogens (tertiary/aromatic N) is 1. The summed E-state index contributed by atoms with van der Waals surface area (Å²) in [5.74, 6) is 1.54. The highest BCUT2D eigenvalue weighted by molar-refractivity contribution is 5.23. The summed E-state index contributed by atoms with van der Waals surface area (Å²) < 4.78 is 5.75. The van der Waals surface area contributed by atoms with E-state index in [1.807, 2.05) is 18.2 Å². The van der Waals surface area contributed by atoms with Crippen LogP contribution in [-0.4, -0.2) is 36.0 Å². The maximum Gasteiger partial charge on any atom is 0.0897 e. The second-order valence-electron chi connectivity index (χ2n) is 7.44. The van der Waals surface area contributed by atoms with E-state index >= 15 is 0 Å². The van der Waals surface area contributed by atoms with Crippen molar-refractivity contribution in [1.29, 1.82) is 0 Å². The Labute approximate surface area is 139 Å². The van der Waals surface area contributed by atoms with Gasteiger partial charge in [-0.25, -0.2) is 0 Å². The number of aliphatic hydroxyl groups is 1.